The largest absolute Gasteiger partial charge is 0.478 e. The van der Waals surface area contributed by atoms with Gasteiger partial charge in [-0.3, -0.25) is 0 Å². The summed E-state index contributed by atoms with van der Waals surface area (Å²) in [5.41, 5.74) is -0.265. The van der Waals surface area contributed by atoms with Crippen LogP contribution in [0.2, 0.25) is 0 Å². The molecule has 0 bridgehead atoms. The number of aliphatic hydroxyl groups excluding tert-OH is 1. The average Bonchev–Trinajstić information content (AvgIpc) is 2.89. The van der Waals surface area contributed by atoms with Crippen LogP contribution in [0.5, 0.6) is 0 Å². The van der Waals surface area contributed by atoms with Gasteiger partial charge in [0.2, 0.25) is 0 Å². The summed E-state index contributed by atoms with van der Waals surface area (Å²) < 4.78 is 13.7. The van der Waals surface area contributed by atoms with Gasteiger partial charge in [-0.15, -0.1) is 0 Å². The second kappa shape index (κ2) is 5.87. The topological polar surface area (TPSA) is 89.9 Å². The highest BCUT2D eigenvalue weighted by Crippen LogP contribution is 2.20. The molecule has 1 heterocycles. The number of rotatable bonds is 3. The molecule has 3 N–H and O–H groups in total. The Hall–Kier alpha value is -2.15. The molecule has 108 valence electrons. The first-order valence-electron chi connectivity index (χ1n) is 6.24. The van der Waals surface area contributed by atoms with Gasteiger partial charge in [0.1, 0.15) is 5.82 Å². The molecule has 2 rings (SSSR count). The lowest BCUT2D eigenvalue weighted by Crippen LogP contribution is -2.40. The van der Waals surface area contributed by atoms with Gasteiger partial charge in [-0.2, -0.15) is 0 Å². The van der Waals surface area contributed by atoms with E-state index >= 15 is 0 Å². The zero-order valence-corrected chi connectivity index (χ0v) is 10.7. The summed E-state index contributed by atoms with van der Waals surface area (Å²) >= 11 is 0. The minimum absolute atomic E-state index is 0.0800. The normalized spacial score (nSPS) is 18.1. The van der Waals surface area contributed by atoms with Crippen LogP contribution < -0.4 is 5.32 Å². The van der Waals surface area contributed by atoms with E-state index in [-0.39, 0.29) is 23.9 Å². The summed E-state index contributed by atoms with van der Waals surface area (Å²) in [6.45, 7) is 0.375. The van der Waals surface area contributed by atoms with Crippen molar-refractivity contribution in [1.29, 1.82) is 0 Å². The summed E-state index contributed by atoms with van der Waals surface area (Å²) in [4.78, 5) is 24.1. The van der Waals surface area contributed by atoms with E-state index in [9.17, 15) is 14.0 Å². The molecule has 1 fully saturated rings. The van der Waals surface area contributed by atoms with E-state index in [1.165, 1.54) is 17.0 Å². The Morgan fingerprint density at radius 1 is 1.45 bits per heavy atom. The van der Waals surface area contributed by atoms with Crippen molar-refractivity contribution in [2.45, 2.75) is 18.9 Å². The van der Waals surface area contributed by atoms with Crippen LogP contribution in [0.3, 0.4) is 0 Å². The number of hydrogen-bond donors (Lipinski definition) is 3. The second-order valence-corrected chi connectivity index (χ2v) is 4.60. The maximum Gasteiger partial charge on any atom is 0.335 e. The molecule has 7 heteroatoms. The fourth-order valence-corrected chi connectivity index (χ4v) is 2.23. The summed E-state index contributed by atoms with van der Waals surface area (Å²) in [5, 5.41) is 20.3. The third-order valence-corrected chi connectivity index (χ3v) is 3.31. The van der Waals surface area contributed by atoms with Crippen molar-refractivity contribution < 1.29 is 24.2 Å². The predicted octanol–water partition coefficient (Wildman–Crippen LogP) is 1.51. The number of amides is 2. The lowest BCUT2D eigenvalue weighted by atomic mass is 10.2. The molecule has 1 aromatic carbocycles. The van der Waals surface area contributed by atoms with Crippen LogP contribution in [0.4, 0.5) is 14.9 Å². The van der Waals surface area contributed by atoms with Crippen LogP contribution in [0.25, 0.3) is 0 Å². The Morgan fingerprint density at radius 3 is 2.80 bits per heavy atom. The predicted molar refractivity (Wildman–Crippen MR) is 69.2 cm³/mol. The molecule has 1 saturated heterocycles. The number of aliphatic hydroxyl groups is 1. The lowest BCUT2D eigenvalue weighted by molar-refractivity contribution is 0.0696. The minimum atomic E-state index is -1.23. The third-order valence-electron chi connectivity index (χ3n) is 3.31. The van der Waals surface area contributed by atoms with Crippen LogP contribution in [-0.2, 0) is 0 Å². The molecule has 6 nitrogen and oxygen atoms in total. The smallest absolute Gasteiger partial charge is 0.335 e. The fourth-order valence-electron chi connectivity index (χ4n) is 2.23. The van der Waals surface area contributed by atoms with Crippen LogP contribution in [0.15, 0.2) is 18.2 Å². The minimum Gasteiger partial charge on any atom is -0.478 e. The Kier molecular flexibility index (Phi) is 4.19. The van der Waals surface area contributed by atoms with Gasteiger partial charge in [-0.1, -0.05) is 0 Å². The number of likely N-dealkylation sites (tertiary alicyclic amines) is 1. The summed E-state index contributed by atoms with van der Waals surface area (Å²) in [6.07, 6.45) is 1.50. The van der Waals surface area contributed by atoms with Crippen molar-refractivity contribution in [3.05, 3.63) is 29.6 Å². The van der Waals surface area contributed by atoms with Gasteiger partial charge in [0.15, 0.2) is 0 Å². The Bertz CT molecular complexity index is 535. The quantitative estimate of drug-likeness (QED) is 0.784. The number of urea groups is 1. The van der Waals surface area contributed by atoms with Crippen LogP contribution in [-0.4, -0.2) is 46.3 Å². The summed E-state index contributed by atoms with van der Waals surface area (Å²) in [6, 6.07) is 2.53. The molecule has 2 amide bonds. The third kappa shape index (κ3) is 2.88. The number of benzene rings is 1. The molecule has 1 aromatic rings. The van der Waals surface area contributed by atoms with Gasteiger partial charge < -0.3 is 20.4 Å². The molecule has 0 spiro atoms. The first-order valence-corrected chi connectivity index (χ1v) is 6.24. The zero-order chi connectivity index (χ0) is 14.7. The number of aromatic carboxylic acids is 1. The first kappa shape index (κ1) is 14.3. The molecule has 0 aromatic heterocycles. The number of hydrogen-bond acceptors (Lipinski definition) is 3. The number of halogens is 1. The van der Waals surface area contributed by atoms with Crippen molar-refractivity contribution in [3.8, 4) is 0 Å². The van der Waals surface area contributed by atoms with Gasteiger partial charge in [0.25, 0.3) is 0 Å². The maximum absolute atomic E-state index is 13.7. The SMILES string of the molecule is O=C(O)c1ccc(NC(=O)N2CCCC2CO)c(F)c1. The first-order chi connectivity index (χ1) is 9.52. The molecule has 1 aliphatic heterocycles. The Balaban J connectivity index is 2.10. The summed E-state index contributed by atoms with van der Waals surface area (Å²) in [7, 11) is 0. The van der Waals surface area contributed by atoms with Gasteiger partial charge in [0, 0.05) is 6.54 Å². The highest BCUT2D eigenvalue weighted by molar-refractivity contribution is 5.92. The van der Waals surface area contributed by atoms with E-state index in [2.05, 4.69) is 5.32 Å². The van der Waals surface area contributed by atoms with Gasteiger partial charge in [-0.05, 0) is 31.0 Å². The highest BCUT2D eigenvalue weighted by Gasteiger charge is 2.28. The van der Waals surface area contributed by atoms with Gasteiger partial charge in [0.05, 0.1) is 23.9 Å². The molecule has 1 aliphatic rings. The number of anilines is 1. The molecule has 0 radical (unpaired) electrons. The van der Waals surface area contributed by atoms with Gasteiger partial charge >= 0.3 is 12.0 Å². The zero-order valence-electron chi connectivity index (χ0n) is 10.7. The summed E-state index contributed by atoms with van der Waals surface area (Å²) in [5.74, 6) is -2.04. The standard InChI is InChI=1S/C13H15FN2O4/c14-10-6-8(12(18)19)3-4-11(10)15-13(20)16-5-1-2-9(16)7-17/h3-4,6,9,17H,1-2,5,7H2,(H,15,20)(H,18,19). The average molecular weight is 282 g/mol. The molecule has 1 atom stereocenters. The molecule has 0 saturated carbocycles. The van der Waals surface area contributed by atoms with Crippen LogP contribution in [0.1, 0.15) is 23.2 Å². The van der Waals surface area contributed by atoms with Crippen molar-refractivity contribution in [2.75, 3.05) is 18.5 Å². The van der Waals surface area contributed by atoms with Crippen molar-refractivity contribution >= 4 is 17.7 Å². The number of nitrogens with one attached hydrogen (secondary N) is 1. The van der Waals surface area contributed by atoms with Crippen molar-refractivity contribution in [1.82, 2.24) is 4.90 Å². The Labute approximate surface area is 114 Å². The monoisotopic (exact) mass is 282 g/mol. The van der Waals surface area contributed by atoms with E-state index in [1.807, 2.05) is 0 Å². The fraction of sp³-hybridized carbons (Fsp3) is 0.385. The second-order valence-electron chi connectivity index (χ2n) is 4.60. The molecular formula is C13H15FN2O4. The molecule has 0 aliphatic carbocycles. The molecule has 20 heavy (non-hydrogen) atoms. The van der Waals surface area contributed by atoms with Crippen molar-refractivity contribution in [3.63, 3.8) is 0 Å². The van der Waals surface area contributed by atoms with E-state index in [0.29, 0.717) is 13.0 Å². The number of carbonyl (C=O) groups is 2. The maximum atomic E-state index is 13.7. The van der Waals surface area contributed by atoms with Crippen LogP contribution in [0, 0.1) is 5.82 Å². The lowest BCUT2D eigenvalue weighted by Gasteiger charge is -2.23. The van der Waals surface area contributed by atoms with E-state index < -0.39 is 17.8 Å². The van der Waals surface area contributed by atoms with E-state index in [4.69, 9.17) is 10.2 Å². The highest BCUT2D eigenvalue weighted by atomic mass is 19.1. The van der Waals surface area contributed by atoms with Gasteiger partial charge in [-0.25, -0.2) is 14.0 Å². The van der Waals surface area contributed by atoms with Crippen LogP contribution >= 0.6 is 0 Å². The number of carboxylic acids is 1. The number of carbonyl (C=O) groups excluding carboxylic acids is 1. The Morgan fingerprint density at radius 2 is 2.20 bits per heavy atom. The number of nitrogens with zero attached hydrogens (tertiary/aromatic N) is 1. The van der Waals surface area contributed by atoms with E-state index in [1.54, 1.807) is 0 Å². The number of carboxylic acid groups (broad SMARTS) is 1. The van der Waals surface area contributed by atoms with E-state index in [0.717, 1.165) is 12.5 Å². The van der Waals surface area contributed by atoms with Crippen molar-refractivity contribution in [2.24, 2.45) is 0 Å². The molecular weight excluding hydrogens is 267 g/mol. The molecule has 1 unspecified atom stereocenters.